The Hall–Kier alpha value is -1.41. The van der Waals surface area contributed by atoms with Crippen LogP contribution in [0.2, 0.25) is 0 Å². The van der Waals surface area contributed by atoms with Crippen molar-refractivity contribution in [2.75, 3.05) is 6.61 Å². The first-order valence-electron chi connectivity index (χ1n) is 5.21. The number of nitrogens with zero attached hydrogens (tertiary/aromatic N) is 4. The van der Waals surface area contributed by atoms with E-state index in [-0.39, 0.29) is 12.1 Å². The van der Waals surface area contributed by atoms with E-state index in [9.17, 15) is 0 Å². The van der Waals surface area contributed by atoms with Gasteiger partial charge in [0.1, 0.15) is 17.9 Å². The summed E-state index contributed by atoms with van der Waals surface area (Å²) in [6, 6.07) is 2.28. The van der Waals surface area contributed by atoms with E-state index < -0.39 is 0 Å². The molecule has 0 bridgehead atoms. The fraction of sp³-hybridized carbons (Fsp3) is 0.700. The van der Waals surface area contributed by atoms with Crippen LogP contribution in [0.4, 0.5) is 0 Å². The molecule has 1 atom stereocenters. The van der Waals surface area contributed by atoms with Gasteiger partial charge >= 0.3 is 0 Å². The molecule has 15 heavy (non-hydrogen) atoms. The maximum atomic E-state index is 8.95. The number of rotatable bonds is 2. The summed E-state index contributed by atoms with van der Waals surface area (Å²) in [5, 5.41) is 16.8. The highest BCUT2D eigenvalue weighted by molar-refractivity contribution is 5.27. The largest absolute Gasteiger partial charge is 0.372 e. The topological polar surface area (TPSA) is 63.7 Å². The van der Waals surface area contributed by atoms with Gasteiger partial charge in [-0.1, -0.05) is 5.21 Å². The second-order valence-electron chi connectivity index (χ2n) is 3.98. The van der Waals surface area contributed by atoms with Crippen molar-refractivity contribution in [2.45, 2.75) is 38.8 Å². The summed E-state index contributed by atoms with van der Waals surface area (Å²) >= 11 is 0. The van der Waals surface area contributed by atoms with Crippen LogP contribution in [0, 0.1) is 11.3 Å². The summed E-state index contributed by atoms with van der Waals surface area (Å²) in [6.07, 6.45) is 1.99. The van der Waals surface area contributed by atoms with E-state index in [2.05, 4.69) is 16.4 Å². The SMILES string of the molecule is CC(C)n1nnc(C#N)c1C1CCCO1. The van der Waals surface area contributed by atoms with Gasteiger partial charge in [0.25, 0.3) is 0 Å². The molecule has 5 heteroatoms. The van der Waals surface area contributed by atoms with Crippen molar-refractivity contribution in [1.82, 2.24) is 15.0 Å². The Bertz CT molecular complexity index is 385. The lowest BCUT2D eigenvalue weighted by Gasteiger charge is -2.14. The fourth-order valence-corrected chi connectivity index (χ4v) is 1.86. The molecule has 2 rings (SSSR count). The maximum Gasteiger partial charge on any atom is 0.188 e. The van der Waals surface area contributed by atoms with Crippen molar-refractivity contribution >= 4 is 0 Å². The van der Waals surface area contributed by atoms with Crippen molar-refractivity contribution < 1.29 is 4.74 Å². The molecular formula is C10H14N4O. The second-order valence-corrected chi connectivity index (χ2v) is 3.98. The predicted molar refractivity (Wildman–Crippen MR) is 53.0 cm³/mol. The molecule has 1 aromatic rings. The average molecular weight is 206 g/mol. The molecule has 0 radical (unpaired) electrons. The number of hydrogen-bond donors (Lipinski definition) is 0. The molecular weight excluding hydrogens is 192 g/mol. The Morgan fingerprint density at radius 1 is 1.60 bits per heavy atom. The Morgan fingerprint density at radius 3 is 2.93 bits per heavy atom. The number of nitriles is 1. The predicted octanol–water partition coefficient (Wildman–Crippen LogP) is 1.58. The third-order valence-electron chi connectivity index (χ3n) is 2.56. The van der Waals surface area contributed by atoms with Gasteiger partial charge in [0.2, 0.25) is 0 Å². The lowest BCUT2D eigenvalue weighted by atomic mass is 10.1. The molecule has 5 nitrogen and oxygen atoms in total. The molecule has 0 saturated carbocycles. The average Bonchev–Trinajstić information content (AvgIpc) is 2.85. The normalized spacial score (nSPS) is 20.8. The van der Waals surface area contributed by atoms with Gasteiger partial charge in [0, 0.05) is 12.6 Å². The van der Waals surface area contributed by atoms with E-state index in [1.54, 1.807) is 4.68 Å². The minimum absolute atomic E-state index is 0.00273. The summed E-state index contributed by atoms with van der Waals surface area (Å²) in [4.78, 5) is 0. The first-order chi connectivity index (χ1) is 7.24. The summed E-state index contributed by atoms with van der Waals surface area (Å²) in [5.74, 6) is 0. The molecule has 2 heterocycles. The van der Waals surface area contributed by atoms with Crippen LogP contribution in [0.1, 0.15) is 50.2 Å². The van der Waals surface area contributed by atoms with Crippen LogP contribution in [0.25, 0.3) is 0 Å². The first-order valence-corrected chi connectivity index (χ1v) is 5.21. The van der Waals surface area contributed by atoms with Crippen LogP contribution in [0.3, 0.4) is 0 Å². The zero-order valence-electron chi connectivity index (χ0n) is 8.97. The van der Waals surface area contributed by atoms with Gasteiger partial charge in [-0.25, -0.2) is 4.68 Å². The first kappa shape index (κ1) is 10.1. The van der Waals surface area contributed by atoms with Gasteiger partial charge in [0.05, 0.1) is 0 Å². The molecule has 0 aliphatic carbocycles. The Morgan fingerprint density at radius 2 is 2.40 bits per heavy atom. The Kier molecular flexibility index (Phi) is 2.69. The lowest BCUT2D eigenvalue weighted by molar-refractivity contribution is 0.103. The van der Waals surface area contributed by atoms with Crippen molar-refractivity contribution in [2.24, 2.45) is 0 Å². The van der Waals surface area contributed by atoms with Gasteiger partial charge in [-0.3, -0.25) is 0 Å². The van der Waals surface area contributed by atoms with Gasteiger partial charge < -0.3 is 4.74 Å². The summed E-state index contributed by atoms with van der Waals surface area (Å²) < 4.78 is 7.36. The van der Waals surface area contributed by atoms with E-state index in [1.165, 1.54) is 0 Å². The van der Waals surface area contributed by atoms with Gasteiger partial charge in [0.15, 0.2) is 5.69 Å². The Labute approximate surface area is 88.6 Å². The monoisotopic (exact) mass is 206 g/mol. The second kappa shape index (κ2) is 3.99. The highest BCUT2D eigenvalue weighted by Gasteiger charge is 2.27. The minimum atomic E-state index is -0.00273. The molecule has 1 fully saturated rings. The van der Waals surface area contributed by atoms with Crippen LogP contribution >= 0.6 is 0 Å². The third kappa shape index (κ3) is 1.73. The quantitative estimate of drug-likeness (QED) is 0.737. The lowest BCUT2D eigenvalue weighted by Crippen LogP contribution is -2.12. The molecule has 80 valence electrons. The van der Waals surface area contributed by atoms with E-state index in [0.29, 0.717) is 5.69 Å². The smallest absolute Gasteiger partial charge is 0.188 e. The number of aromatic nitrogens is 3. The van der Waals surface area contributed by atoms with Crippen LogP contribution in [-0.2, 0) is 4.74 Å². The molecule has 0 aromatic carbocycles. The molecule has 1 aliphatic rings. The Balaban J connectivity index is 2.41. The molecule has 1 aliphatic heterocycles. The van der Waals surface area contributed by atoms with Gasteiger partial charge in [-0.05, 0) is 26.7 Å². The van der Waals surface area contributed by atoms with E-state index >= 15 is 0 Å². The molecule has 0 N–H and O–H groups in total. The summed E-state index contributed by atoms with van der Waals surface area (Å²) in [7, 11) is 0. The maximum absolute atomic E-state index is 8.95. The van der Waals surface area contributed by atoms with E-state index in [4.69, 9.17) is 10.00 Å². The summed E-state index contributed by atoms with van der Waals surface area (Å²) in [5.41, 5.74) is 1.24. The van der Waals surface area contributed by atoms with Crippen molar-refractivity contribution in [1.29, 1.82) is 5.26 Å². The summed E-state index contributed by atoms with van der Waals surface area (Å²) in [6.45, 7) is 4.81. The van der Waals surface area contributed by atoms with E-state index in [0.717, 1.165) is 25.1 Å². The highest BCUT2D eigenvalue weighted by atomic mass is 16.5. The number of ether oxygens (including phenoxy) is 1. The highest BCUT2D eigenvalue weighted by Crippen LogP contribution is 2.30. The van der Waals surface area contributed by atoms with Crippen molar-refractivity contribution in [3.05, 3.63) is 11.4 Å². The molecule has 1 unspecified atom stereocenters. The fourth-order valence-electron chi connectivity index (χ4n) is 1.86. The van der Waals surface area contributed by atoms with Crippen molar-refractivity contribution in [3.8, 4) is 6.07 Å². The van der Waals surface area contributed by atoms with E-state index in [1.807, 2.05) is 13.8 Å². The zero-order chi connectivity index (χ0) is 10.8. The zero-order valence-corrected chi connectivity index (χ0v) is 8.97. The molecule has 1 aromatic heterocycles. The third-order valence-corrected chi connectivity index (χ3v) is 2.56. The van der Waals surface area contributed by atoms with Crippen molar-refractivity contribution in [3.63, 3.8) is 0 Å². The standard InChI is InChI=1S/C10H14N4O/c1-7(2)14-10(8(6-11)12-13-14)9-4-3-5-15-9/h7,9H,3-5H2,1-2H3. The molecule has 1 saturated heterocycles. The number of hydrogen-bond acceptors (Lipinski definition) is 4. The van der Waals surface area contributed by atoms with Crippen LogP contribution < -0.4 is 0 Å². The minimum Gasteiger partial charge on any atom is -0.372 e. The molecule has 0 amide bonds. The van der Waals surface area contributed by atoms with Crippen LogP contribution in [0.15, 0.2) is 0 Å². The van der Waals surface area contributed by atoms with Crippen LogP contribution in [0.5, 0.6) is 0 Å². The molecule has 0 spiro atoms. The van der Waals surface area contributed by atoms with Crippen LogP contribution in [-0.4, -0.2) is 21.6 Å². The van der Waals surface area contributed by atoms with Gasteiger partial charge in [-0.2, -0.15) is 5.26 Å². The van der Waals surface area contributed by atoms with Gasteiger partial charge in [-0.15, -0.1) is 5.10 Å².